The summed E-state index contributed by atoms with van der Waals surface area (Å²) in [6.07, 6.45) is 5.60. The fourth-order valence-electron chi connectivity index (χ4n) is 6.10. The highest BCUT2D eigenvalue weighted by atomic mass is 35.5. The maximum Gasteiger partial charge on any atom is 0.343 e. The van der Waals surface area contributed by atoms with Crippen LogP contribution < -0.4 is 4.74 Å². The van der Waals surface area contributed by atoms with Crippen LogP contribution in [-0.4, -0.2) is 41.4 Å². The minimum Gasteiger partial charge on any atom is -0.482 e. The van der Waals surface area contributed by atoms with E-state index >= 15 is 0 Å². The Kier molecular flexibility index (Phi) is 8.41. The number of benzene rings is 2. The zero-order valence-electron chi connectivity index (χ0n) is 20.7. The summed E-state index contributed by atoms with van der Waals surface area (Å²) in [5, 5.41) is 22.1. The molecule has 0 saturated heterocycles. The summed E-state index contributed by atoms with van der Waals surface area (Å²) in [4.78, 5) is 11.4. The average molecular weight is 501 g/mol. The van der Waals surface area contributed by atoms with Crippen molar-refractivity contribution in [2.45, 2.75) is 75.4 Å². The van der Waals surface area contributed by atoms with E-state index in [1.165, 1.54) is 13.5 Å². The summed E-state index contributed by atoms with van der Waals surface area (Å²) in [7, 11) is 1.33. The molecule has 0 aromatic heterocycles. The molecule has 2 aliphatic carbocycles. The van der Waals surface area contributed by atoms with E-state index in [0.29, 0.717) is 18.6 Å². The van der Waals surface area contributed by atoms with Gasteiger partial charge in [-0.25, -0.2) is 4.79 Å². The van der Waals surface area contributed by atoms with Crippen molar-refractivity contribution in [3.05, 3.63) is 65.2 Å². The van der Waals surface area contributed by atoms with Crippen molar-refractivity contribution in [3.8, 4) is 5.75 Å². The van der Waals surface area contributed by atoms with Gasteiger partial charge in [0.05, 0.1) is 19.3 Å². The van der Waals surface area contributed by atoms with Gasteiger partial charge in [-0.1, -0.05) is 56.2 Å². The van der Waals surface area contributed by atoms with Crippen LogP contribution in [0.4, 0.5) is 0 Å². The van der Waals surface area contributed by atoms with Gasteiger partial charge in [0.2, 0.25) is 0 Å². The van der Waals surface area contributed by atoms with E-state index in [1.54, 1.807) is 0 Å². The predicted octanol–water partition coefficient (Wildman–Crippen LogP) is 5.56. The van der Waals surface area contributed by atoms with Gasteiger partial charge in [0.15, 0.2) is 6.61 Å². The first-order valence-corrected chi connectivity index (χ1v) is 13.2. The summed E-state index contributed by atoms with van der Waals surface area (Å²) >= 11 is 6.77. The van der Waals surface area contributed by atoms with Gasteiger partial charge in [0.1, 0.15) is 5.75 Å². The fraction of sp³-hybridized carbons (Fsp3) is 0.552. The normalized spacial score (nSPS) is 26.1. The lowest BCUT2D eigenvalue weighted by atomic mass is 9.61. The average Bonchev–Trinajstić information content (AvgIpc) is 3.12. The third-order valence-corrected chi connectivity index (χ3v) is 8.55. The van der Waals surface area contributed by atoms with Gasteiger partial charge in [-0.3, -0.25) is 0 Å². The number of esters is 1. The summed E-state index contributed by atoms with van der Waals surface area (Å²) in [5.41, 5.74) is 3.00. The Bertz CT molecular complexity index is 1000. The maximum atomic E-state index is 11.4. The molecular formula is C29H37ClO5. The molecule has 5 nitrogen and oxygen atoms in total. The van der Waals surface area contributed by atoms with Crippen LogP contribution in [0.5, 0.6) is 5.75 Å². The van der Waals surface area contributed by atoms with Gasteiger partial charge >= 0.3 is 5.97 Å². The van der Waals surface area contributed by atoms with Gasteiger partial charge in [-0.05, 0) is 66.8 Å². The predicted molar refractivity (Wildman–Crippen MR) is 137 cm³/mol. The Morgan fingerprint density at radius 3 is 2.66 bits per heavy atom. The number of carbonyl (C=O) groups excluding carboxylic acids is 1. The lowest BCUT2D eigenvalue weighted by Crippen LogP contribution is -2.36. The largest absolute Gasteiger partial charge is 0.482 e. The number of aliphatic hydroxyl groups is 2. The molecule has 2 aliphatic rings. The van der Waals surface area contributed by atoms with Crippen LogP contribution in [0.25, 0.3) is 0 Å². The second-order valence-corrected chi connectivity index (χ2v) is 10.8. The molecule has 6 heteroatoms. The highest BCUT2D eigenvalue weighted by Crippen LogP contribution is 2.54. The van der Waals surface area contributed by atoms with Gasteiger partial charge in [-0.2, -0.15) is 0 Å². The molecule has 0 aliphatic heterocycles. The van der Waals surface area contributed by atoms with Crippen molar-refractivity contribution in [2.24, 2.45) is 11.3 Å². The van der Waals surface area contributed by atoms with Crippen molar-refractivity contribution >= 4 is 17.6 Å². The number of hydrogen-bond donors (Lipinski definition) is 2. The molecule has 0 radical (unpaired) electrons. The molecule has 4 rings (SSSR count). The third kappa shape index (κ3) is 5.68. The minimum atomic E-state index is -0.540. The van der Waals surface area contributed by atoms with E-state index in [4.69, 9.17) is 16.3 Å². The summed E-state index contributed by atoms with van der Waals surface area (Å²) < 4.78 is 10.2. The number of carbonyl (C=O) groups is 1. The smallest absolute Gasteiger partial charge is 0.343 e. The molecule has 0 bridgehead atoms. The molecule has 190 valence electrons. The molecule has 2 N–H and O–H groups in total. The number of hydrogen-bond acceptors (Lipinski definition) is 5. The van der Waals surface area contributed by atoms with Gasteiger partial charge < -0.3 is 19.7 Å². The highest BCUT2D eigenvalue weighted by molar-refractivity contribution is 6.21. The van der Waals surface area contributed by atoms with Gasteiger partial charge in [0, 0.05) is 16.7 Å². The van der Waals surface area contributed by atoms with Crippen molar-refractivity contribution in [1.29, 1.82) is 0 Å². The Balaban J connectivity index is 1.54. The van der Waals surface area contributed by atoms with Gasteiger partial charge in [-0.15, -0.1) is 11.6 Å². The molecule has 2 aromatic carbocycles. The Hall–Kier alpha value is -2.08. The first-order valence-electron chi connectivity index (χ1n) is 12.8. The zero-order chi connectivity index (χ0) is 25.0. The Morgan fingerprint density at radius 2 is 1.97 bits per heavy atom. The van der Waals surface area contributed by atoms with Crippen molar-refractivity contribution in [1.82, 2.24) is 0 Å². The van der Waals surface area contributed by atoms with Crippen LogP contribution in [0, 0.1) is 11.3 Å². The molecule has 2 aromatic rings. The van der Waals surface area contributed by atoms with Crippen molar-refractivity contribution < 1.29 is 24.5 Å². The lowest BCUT2D eigenvalue weighted by Gasteiger charge is -2.46. The molecule has 2 fully saturated rings. The topological polar surface area (TPSA) is 76.0 Å². The highest BCUT2D eigenvalue weighted by Gasteiger charge is 2.45. The van der Waals surface area contributed by atoms with E-state index in [2.05, 4.69) is 23.8 Å². The first kappa shape index (κ1) is 26.0. The molecule has 5 atom stereocenters. The van der Waals surface area contributed by atoms with E-state index in [-0.39, 0.29) is 29.2 Å². The number of ether oxygens (including phenoxy) is 2. The SMILES string of the molecule is CCCC1(C(O)c2cccc(C3C(O)CC(Cl)C3Cc3cccc(OCC(=O)OC)c3)c2)CCC1. The maximum absolute atomic E-state index is 11.4. The number of alkyl halides is 1. The fourth-order valence-corrected chi connectivity index (χ4v) is 6.53. The Morgan fingerprint density at radius 1 is 1.20 bits per heavy atom. The Labute approximate surface area is 213 Å². The number of methoxy groups -OCH3 is 1. The molecule has 0 heterocycles. The molecular weight excluding hydrogens is 464 g/mol. The van der Waals surface area contributed by atoms with Crippen molar-refractivity contribution in [2.75, 3.05) is 13.7 Å². The van der Waals surface area contributed by atoms with E-state index in [0.717, 1.165) is 42.4 Å². The summed E-state index contributed by atoms with van der Waals surface area (Å²) in [6.45, 7) is 2.04. The monoisotopic (exact) mass is 500 g/mol. The van der Waals surface area contributed by atoms with Gasteiger partial charge in [0.25, 0.3) is 0 Å². The quantitative estimate of drug-likeness (QED) is 0.330. The van der Waals surface area contributed by atoms with Crippen LogP contribution >= 0.6 is 11.6 Å². The molecule has 35 heavy (non-hydrogen) atoms. The summed E-state index contributed by atoms with van der Waals surface area (Å²) in [5.74, 6) is 0.0804. The van der Waals surface area contributed by atoms with Crippen LogP contribution in [0.3, 0.4) is 0 Å². The standard InChI is InChI=1S/C29H37ClO5/c1-3-11-29(12-6-13-29)28(33)21-9-5-8-20(16-21)27-23(24(30)17-25(27)31)15-19-7-4-10-22(14-19)35-18-26(32)34-2/h4-5,7-10,14,16,23-25,27-28,31,33H,3,6,11-13,15,17-18H2,1-2H3. The molecule has 0 spiro atoms. The van der Waals surface area contributed by atoms with Crippen molar-refractivity contribution in [3.63, 3.8) is 0 Å². The van der Waals surface area contributed by atoms with Crippen LogP contribution in [0.15, 0.2) is 48.5 Å². The van der Waals surface area contributed by atoms with Crippen LogP contribution in [-0.2, 0) is 16.0 Å². The molecule has 2 saturated carbocycles. The van der Waals surface area contributed by atoms with E-state index < -0.39 is 18.2 Å². The van der Waals surface area contributed by atoms with Crippen LogP contribution in [0.2, 0.25) is 0 Å². The summed E-state index contributed by atoms with van der Waals surface area (Å²) in [6, 6.07) is 15.8. The molecule has 5 unspecified atom stereocenters. The minimum absolute atomic E-state index is 0.0132. The lowest BCUT2D eigenvalue weighted by molar-refractivity contribution is -0.142. The first-order chi connectivity index (χ1) is 16.9. The number of halogens is 1. The second-order valence-electron chi connectivity index (χ2n) is 10.3. The van der Waals surface area contributed by atoms with Crippen LogP contribution in [0.1, 0.15) is 74.2 Å². The second kappa shape index (κ2) is 11.3. The zero-order valence-corrected chi connectivity index (χ0v) is 21.4. The third-order valence-electron chi connectivity index (χ3n) is 8.05. The number of rotatable bonds is 10. The number of aliphatic hydroxyl groups excluding tert-OH is 2. The van der Waals surface area contributed by atoms with E-state index in [1.807, 2.05) is 36.4 Å². The van der Waals surface area contributed by atoms with E-state index in [9.17, 15) is 15.0 Å². The molecule has 0 amide bonds.